The summed E-state index contributed by atoms with van der Waals surface area (Å²) in [5.41, 5.74) is 9.64. The van der Waals surface area contributed by atoms with Crippen LogP contribution in [0.15, 0.2) is 174 Å². The summed E-state index contributed by atoms with van der Waals surface area (Å²) in [6.45, 7) is 0. The fourth-order valence-electron chi connectivity index (χ4n) is 6.38. The molecule has 0 radical (unpaired) electrons. The van der Waals surface area contributed by atoms with E-state index >= 15 is 0 Å². The van der Waals surface area contributed by atoms with Gasteiger partial charge in [-0.25, -0.2) is 19.9 Å². The summed E-state index contributed by atoms with van der Waals surface area (Å²) < 4.78 is 6.43. The van der Waals surface area contributed by atoms with Crippen LogP contribution in [-0.2, 0) is 0 Å². The van der Waals surface area contributed by atoms with Crippen LogP contribution in [0.5, 0.6) is 0 Å². The molecule has 5 heteroatoms. The van der Waals surface area contributed by atoms with Gasteiger partial charge in [-0.05, 0) is 51.7 Å². The second kappa shape index (κ2) is 12.1. The van der Waals surface area contributed by atoms with Crippen LogP contribution in [0.25, 0.3) is 89.7 Å². The van der Waals surface area contributed by atoms with E-state index in [9.17, 15) is 0 Å². The smallest absolute Gasteiger partial charge is 0.227 e. The predicted molar refractivity (Wildman–Crippen MR) is 198 cm³/mol. The van der Waals surface area contributed by atoms with Crippen molar-refractivity contribution in [1.29, 1.82) is 0 Å². The summed E-state index contributed by atoms with van der Waals surface area (Å²) >= 11 is 0. The van der Waals surface area contributed by atoms with Gasteiger partial charge in [0.05, 0.1) is 0 Å². The lowest BCUT2D eigenvalue weighted by Gasteiger charge is -2.13. The molecule has 0 unspecified atom stereocenters. The normalized spacial score (nSPS) is 11.3. The predicted octanol–water partition coefficient (Wildman–Crippen LogP) is 11.2. The van der Waals surface area contributed by atoms with Crippen LogP contribution in [-0.4, -0.2) is 19.9 Å². The Kier molecular flexibility index (Phi) is 7.06. The first-order valence-electron chi connectivity index (χ1n) is 16.2. The lowest BCUT2D eigenvalue weighted by molar-refractivity contribution is 0.621. The van der Waals surface area contributed by atoms with Gasteiger partial charge < -0.3 is 4.42 Å². The third-order valence-electron chi connectivity index (χ3n) is 8.81. The molecule has 0 amide bonds. The Morgan fingerprint density at radius 1 is 0.306 bits per heavy atom. The molecule has 0 N–H and O–H groups in total. The molecule has 0 fully saturated rings. The molecule has 7 aromatic carbocycles. The van der Waals surface area contributed by atoms with Crippen LogP contribution in [0.3, 0.4) is 0 Å². The molecule has 2 heterocycles. The van der Waals surface area contributed by atoms with Gasteiger partial charge >= 0.3 is 0 Å². The van der Waals surface area contributed by atoms with E-state index in [1.54, 1.807) is 0 Å². The van der Waals surface area contributed by atoms with E-state index in [0.717, 1.165) is 60.8 Å². The summed E-state index contributed by atoms with van der Waals surface area (Å²) in [6.07, 6.45) is 0. The van der Waals surface area contributed by atoms with E-state index in [4.69, 9.17) is 24.4 Å². The van der Waals surface area contributed by atoms with E-state index < -0.39 is 0 Å². The summed E-state index contributed by atoms with van der Waals surface area (Å²) in [5, 5.41) is 2.11. The molecule has 0 spiro atoms. The minimum absolute atomic E-state index is 0.604. The molecule has 5 nitrogen and oxygen atoms in total. The monoisotopic (exact) mass is 628 g/mol. The zero-order chi connectivity index (χ0) is 32.6. The number of benzene rings is 7. The fraction of sp³-hybridized carbons (Fsp3) is 0. The second-order valence-electron chi connectivity index (χ2n) is 11.9. The third kappa shape index (κ3) is 5.33. The van der Waals surface area contributed by atoms with Gasteiger partial charge in [-0.1, -0.05) is 146 Å². The first kappa shape index (κ1) is 28.5. The van der Waals surface area contributed by atoms with Crippen molar-refractivity contribution in [1.82, 2.24) is 19.9 Å². The van der Waals surface area contributed by atoms with Crippen LogP contribution in [0.4, 0.5) is 0 Å². The van der Waals surface area contributed by atoms with Crippen LogP contribution in [0.2, 0.25) is 0 Å². The minimum Gasteiger partial charge on any atom is -0.435 e. The average Bonchev–Trinajstić information content (AvgIpc) is 3.64. The number of fused-ring (bicyclic) bond motifs is 2. The summed E-state index contributed by atoms with van der Waals surface area (Å²) in [4.78, 5) is 19.9. The molecule has 0 aliphatic heterocycles. The maximum atomic E-state index is 6.43. The molecule has 0 saturated heterocycles. The molecule has 9 aromatic rings. The molecule has 2 aromatic heterocycles. The number of hydrogen-bond donors (Lipinski definition) is 0. The van der Waals surface area contributed by atoms with Crippen LogP contribution in [0, 0.1) is 0 Å². The molecule has 0 aliphatic carbocycles. The third-order valence-corrected chi connectivity index (χ3v) is 8.81. The summed E-state index contributed by atoms with van der Waals surface area (Å²) in [6, 6.07) is 57.6. The van der Waals surface area contributed by atoms with E-state index in [1.165, 1.54) is 5.56 Å². The Morgan fingerprint density at radius 2 is 0.796 bits per heavy atom. The van der Waals surface area contributed by atoms with E-state index in [-0.39, 0.29) is 0 Å². The molecular formula is C44H28N4O. The first-order valence-corrected chi connectivity index (χ1v) is 16.2. The number of hydrogen-bond acceptors (Lipinski definition) is 5. The number of oxazole rings is 1. The Hall–Kier alpha value is -6.72. The van der Waals surface area contributed by atoms with Gasteiger partial charge in [-0.3, -0.25) is 0 Å². The summed E-state index contributed by atoms with van der Waals surface area (Å²) in [7, 11) is 0. The maximum absolute atomic E-state index is 6.43. The largest absolute Gasteiger partial charge is 0.435 e. The van der Waals surface area contributed by atoms with Crippen molar-refractivity contribution >= 4 is 21.9 Å². The Labute approximate surface area is 283 Å². The molecular weight excluding hydrogens is 601 g/mol. The van der Waals surface area contributed by atoms with Gasteiger partial charge in [0.15, 0.2) is 23.1 Å². The highest BCUT2D eigenvalue weighted by atomic mass is 16.3. The van der Waals surface area contributed by atoms with E-state index in [2.05, 4.69) is 91.0 Å². The van der Waals surface area contributed by atoms with Gasteiger partial charge in [0.25, 0.3) is 0 Å². The van der Waals surface area contributed by atoms with Gasteiger partial charge in [0, 0.05) is 27.8 Å². The fourth-order valence-corrected chi connectivity index (χ4v) is 6.38. The standard InChI is InChI=1S/C44H28N4O/c1-4-13-29(14-5-1)30-23-25-32(26-24-30)42-46-41(31-15-6-2-7-16-31)47-43(48-42)38-28-27-36(34-19-10-11-20-35(34)38)37-21-12-22-39-40(37)49-44(45-39)33-17-8-3-9-18-33/h1-28H. The van der Waals surface area contributed by atoms with Crippen molar-refractivity contribution in [2.45, 2.75) is 0 Å². The molecule has 49 heavy (non-hydrogen) atoms. The maximum Gasteiger partial charge on any atom is 0.227 e. The molecule has 0 saturated carbocycles. The summed E-state index contributed by atoms with van der Waals surface area (Å²) in [5.74, 6) is 2.46. The van der Waals surface area contributed by atoms with E-state index in [1.807, 2.05) is 78.9 Å². The van der Waals surface area contributed by atoms with Crippen LogP contribution in [0.1, 0.15) is 0 Å². The van der Waals surface area contributed by atoms with Crippen LogP contribution >= 0.6 is 0 Å². The molecule has 0 aliphatic rings. The van der Waals surface area contributed by atoms with Crippen molar-refractivity contribution in [2.75, 3.05) is 0 Å². The highest BCUT2D eigenvalue weighted by molar-refractivity contribution is 6.07. The zero-order valence-corrected chi connectivity index (χ0v) is 26.4. The van der Waals surface area contributed by atoms with Gasteiger partial charge in [-0.15, -0.1) is 0 Å². The lowest BCUT2D eigenvalue weighted by atomic mass is 9.94. The Balaban J connectivity index is 1.19. The first-order chi connectivity index (χ1) is 24.3. The molecule has 0 atom stereocenters. The van der Waals surface area contributed by atoms with Crippen molar-refractivity contribution in [3.8, 4) is 67.9 Å². The van der Waals surface area contributed by atoms with Crippen molar-refractivity contribution in [2.24, 2.45) is 0 Å². The van der Waals surface area contributed by atoms with Gasteiger partial charge in [0.2, 0.25) is 5.89 Å². The van der Waals surface area contributed by atoms with Crippen molar-refractivity contribution in [3.63, 3.8) is 0 Å². The number of para-hydroxylation sites is 1. The zero-order valence-electron chi connectivity index (χ0n) is 26.4. The highest BCUT2D eigenvalue weighted by Gasteiger charge is 2.19. The molecule has 230 valence electrons. The minimum atomic E-state index is 0.604. The highest BCUT2D eigenvalue weighted by Crippen LogP contribution is 2.39. The van der Waals surface area contributed by atoms with Crippen LogP contribution < -0.4 is 0 Å². The number of nitrogens with zero attached hydrogens (tertiary/aromatic N) is 4. The number of rotatable bonds is 6. The van der Waals surface area contributed by atoms with Crippen molar-refractivity contribution < 1.29 is 4.42 Å². The van der Waals surface area contributed by atoms with Crippen molar-refractivity contribution in [3.05, 3.63) is 170 Å². The average molecular weight is 629 g/mol. The quantitative estimate of drug-likeness (QED) is 0.183. The van der Waals surface area contributed by atoms with E-state index in [0.29, 0.717) is 23.4 Å². The molecule has 9 rings (SSSR count). The van der Waals surface area contributed by atoms with Gasteiger partial charge in [-0.2, -0.15) is 0 Å². The SMILES string of the molecule is c1ccc(-c2ccc(-c3nc(-c4ccccc4)nc(-c4ccc(-c5cccc6nc(-c7ccccc7)oc56)c5ccccc45)n3)cc2)cc1. The lowest BCUT2D eigenvalue weighted by Crippen LogP contribution is -2.00. The Morgan fingerprint density at radius 3 is 1.47 bits per heavy atom. The molecule has 0 bridgehead atoms. The number of aromatic nitrogens is 4. The topological polar surface area (TPSA) is 64.7 Å². The Bertz CT molecular complexity index is 2580. The second-order valence-corrected chi connectivity index (χ2v) is 11.9. The van der Waals surface area contributed by atoms with Gasteiger partial charge in [0.1, 0.15) is 5.52 Å².